The summed E-state index contributed by atoms with van der Waals surface area (Å²) in [7, 11) is 3.23. The summed E-state index contributed by atoms with van der Waals surface area (Å²) in [5.41, 5.74) is 2.65. The predicted octanol–water partition coefficient (Wildman–Crippen LogP) is 4.68. The number of fused-ring (bicyclic) bond motifs is 1. The van der Waals surface area contributed by atoms with Crippen LogP contribution in [-0.2, 0) is 0 Å². The Morgan fingerprint density at radius 2 is 1.58 bits per heavy atom. The van der Waals surface area contributed by atoms with Crippen molar-refractivity contribution in [1.29, 1.82) is 0 Å². The van der Waals surface area contributed by atoms with Crippen molar-refractivity contribution in [2.45, 2.75) is 18.5 Å². The van der Waals surface area contributed by atoms with Crippen molar-refractivity contribution in [3.8, 4) is 11.5 Å². The summed E-state index contributed by atoms with van der Waals surface area (Å²) in [5, 5.41) is 4.50. The van der Waals surface area contributed by atoms with Gasteiger partial charge in [0.15, 0.2) is 0 Å². The van der Waals surface area contributed by atoms with E-state index in [1.54, 1.807) is 31.3 Å². The van der Waals surface area contributed by atoms with Crippen molar-refractivity contribution in [3.63, 3.8) is 0 Å². The molecule has 0 spiro atoms. The molecule has 1 aromatic heterocycles. The summed E-state index contributed by atoms with van der Waals surface area (Å²) in [4.78, 5) is 20.1. The number of aromatic nitrogens is 3. The number of ether oxygens (including phenoxy) is 2. The molecule has 0 aliphatic carbocycles. The fourth-order valence-electron chi connectivity index (χ4n) is 4.38. The van der Waals surface area contributed by atoms with Crippen LogP contribution in [0.15, 0.2) is 85.2 Å². The smallest absolute Gasteiger partial charge is 0.261 e. The lowest BCUT2D eigenvalue weighted by Gasteiger charge is -2.39. The van der Waals surface area contributed by atoms with E-state index in [4.69, 9.17) is 9.47 Å². The van der Waals surface area contributed by atoms with E-state index in [-0.39, 0.29) is 18.0 Å². The second-order valence-electron chi connectivity index (χ2n) is 7.86. The van der Waals surface area contributed by atoms with E-state index in [1.807, 2.05) is 59.3 Å². The molecule has 7 nitrogen and oxygen atoms in total. The predicted molar refractivity (Wildman–Crippen MR) is 125 cm³/mol. The first-order chi connectivity index (χ1) is 16.2. The van der Waals surface area contributed by atoms with Crippen molar-refractivity contribution in [2.24, 2.45) is 0 Å². The Labute approximate surface area is 192 Å². The number of benzene rings is 3. The molecular formula is C26H24N4O3. The zero-order valence-corrected chi connectivity index (χ0v) is 18.5. The molecule has 2 atom stereocenters. The maximum atomic E-state index is 13.8. The van der Waals surface area contributed by atoms with Crippen molar-refractivity contribution < 1.29 is 14.3 Å². The average Bonchev–Trinajstić information content (AvgIpc) is 3.38. The molecule has 2 unspecified atom stereocenters. The van der Waals surface area contributed by atoms with Crippen LogP contribution in [0.25, 0.3) is 0 Å². The maximum absolute atomic E-state index is 13.8. The molecule has 0 saturated carbocycles. The number of carbonyl (C=O) groups is 1. The van der Waals surface area contributed by atoms with Gasteiger partial charge in [0, 0.05) is 5.56 Å². The number of amides is 1. The number of carbonyl (C=O) groups excluding carboxylic acids is 1. The van der Waals surface area contributed by atoms with E-state index in [2.05, 4.69) is 22.2 Å². The highest BCUT2D eigenvalue weighted by atomic mass is 16.5. The molecule has 7 heteroatoms. The minimum Gasteiger partial charge on any atom is -0.497 e. The second kappa shape index (κ2) is 8.78. The topological polar surface area (TPSA) is 69.5 Å². The Morgan fingerprint density at radius 3 is 2.30 bits per heavy atom. The molecule has 0 saturated heterocycles. The third kappa shape index (κ3) is 3.82. The van der Waals surface area contributed by atoms with Crippen LogP contribution in [0.3, 0.4) is 0 Å². The fourth-order valence-corrected chi connectivity index (χ4v) is 4.38. The largest absolute Gasteiger partial charge is 0.497 e. The third-order valence-electron chi connectivity index (χ3n) is 6.04. The molecule has 0 bridgehead atoms. The fraction of sp³-hybridized carbons (Fsp3) is 0.192. The van der Waals surface area contributed by atoms with E-state index in [0.29, 0.717) is 23.7 Å². The molecule has 1 aliphatic rings. The van der Waals surface area contributed by atoms with Crippen LogP contribution >= 0.6 is 0 Å². The minimum absolute atomic E-state index is 0.0508. The van der Waals surface area contributed by atoms with E-state index in [9.17, 15) is 4.79 Å². The van der Waals surface area contributed by atoms with Gasteiger partial charge >= 0.3 is 0 Å². The summed E-state index contributed by atoms with van der Waals surface area (Å²) >= 11 is 0. The van der Waals surface area contributed by atoms with E-state index in [1.165, 1.54) is 6.33 Å². The van der Waals surface area contributed by atoms with Crippen LogP contribution in [0.5, 0.6) is 11.5 Å². The van der Waals surface area contributed by atoms with Gasteiger partial charge in [-0.1, -0.05) is 48.5 Å². The summed E-state index contributed by atoms with van der Waals surface area (Å²) in [5.74, 6) is 1.75. The summed E-state index contributed by atoms with van der Waals surface area (Å²) in [6.45, 7) is 0. The van der Waals surface area contributed by atoms with Gasteiger partial charge in [-0.3, -0.25) is 9.69 Å². The lowest BCUT2D eigenvalue weighted by molar-refractivity contribution is 0.0963. The molecule has 0 radical (unpaired) electrons. The molecule has 0 fully saturated rings. The van der Waals surface area contributed by atoms with Gasteiger partial charge in [-0.15, -0.1) is 0 Å². The number of rotatable bonds is 5. The molecular weight excluding hydrogens is 416 g/mol. The number of hydrogen-bond acceptors (Lipinski definition) is 5. The summed E-state index contributed by atoms with van der Waals surface area (Å²) in [6, 6.07) is 24.9. The molecule has 0 N–H and O–H groups in total. The Bertz CT molecular complexity index is 1250. The van der Waals surface area contributed by atoms with E-state index in [0.717, 1.165) is 16.9 Å². The van der Waals surface area contributed by atoms with Crippen LogP contribution in [0, 0.1) is 0 Å². The molecule has 1 amide bonds. The number of anilines is 1. The first-order valence-corrected chi connectivity index (χ1v) is 10.8. The number of nitrogens with zero attached hydrogens (tertiary/aromatic N) is 4. The van der Waals surface area contributed by atoms with Gasteiger partial charge in [0.05, 0.1) is 26.3 Å². The Morgan fingerprint density at radius 1 is 0.848 bits per heavy atom. The monoisotopic (exact) mass is 440 g/mol. The van der Waals surface area contributed by atoms with Gasteiger partial charge in [-0.2, -0.15) is 10.1 Å². The Balaban J connectivity index is 1.63. The van der Waals surface area contributed by atoms with Crippen LogP contribution in [-0.4, -0.2) is 34.9 Å². The zero-order chi connectivity index (χ0) is 22.8. The van der Waals surface area contributed by atoms with Gasteiger partial charge in [0.1, 0.15) is 17.8 Å². The summed E-state index contributed by atoms with van der Waals surface area (Å²) < 4.78 is 12.5. The SMILES string of the molecule is COc1ccc(C2CC(c3ccccc3)n3ncnc3N2C(=O)c2cccc(OC)c2)cc1. The van der Waals surface area contributed by atoms with Gasteiger partial charge in [0.2, 0.25) is 5.95 Å². The normalized spacial score (nSPS) is 17.3. The highest BCUT2D eigenvalue weighted by Gasteiger charge is 2.39. The average molecular weight is 441 g/mol. The van der Waals surface area contributed by atoms with Gasteiger partial charge < -0.3 is 9.47 Å². The first-order valence-electron chi connectivity index (χ1n) is 10.8. The Kier molecular flexibility index (Phi) is 5.52. The van der Waals surface area contributed by atoms with Crippen molar-refractivity contribution in [2.75, 3.05) is 19.1 Å². The standard InChI is InChI=1S/C26H24N4O3/c1-32-21-13-11-19(12-14-21)23-16-24(18-7-4-3-5-8-18)30-26(27-17-28-30)29(23)25(31)20-9-6-10-22(15-20)33-2/h3-15,17,23-24H,16H2,1-2H3. The number of methoxy groups -OCH3 is 2. The molecule has 33 heavy (non-hydrogen) atoms. The molecule has 2 heterocycles. The highest BCUT2D eigenvalue weighted by Crippen LogP contribution is 2.42. The molecule has 4 aromatic rings. The minimum atomic E-state index is -0.239. The van der Waals surface area contributed by atoms with Crippen molar-refractivity contribution >= 4 is 11.9 Å². The Hall–Kier alpha value is -4.13. The highest BCUT2D eigenvalue weighted by molar-refractivity contribution is 6.06. The molecule has 166 valence electrons. The van der Waals surface area contributed by atoms with Crippen molar-refractivity contribution in [3.05, 3.63) is 102 Å². The lowest BCUT2D eigenvalue weighted by Crippen LogP contribution is -2.42. The van der Waals surface area contributed by atoms with Gasteiger partial charge in [-0.25, -0.2) is 4.68 Å². The first kappa shape index (κ1) is 20.8. The molecule has 3 aromatic carbocycles. The number of hydrogen-bond donors (Lipinski definition) is 0. The molecule has 1 aliphatic heterocycles. The quantitative estimate of drug-likeness (QED) is 0.451. The second-order valence-corrected chi connectivity index (χ2v) is 7.86. The molecule has 5 rings (SSSR count). The van der Waals surface area contributed by atoms with E-state index < -0.39 is 0 Å². The van der Waals surface area contributed by atoms with Gasteiger partial charge in [-0.05, 0) is 47.9 Å². The maximum Gasteiger partial charge on any atom is 0.261 e. The van der Waals surface area contributed by atoms with Crippen LogP contribution < -0.4 is 14.4 Å². The third-order valence-corrected chi connectivity index (χ3v) is 6.04. The lowest BCUT2D eigenvalue weighted by atomic mass is 9.91. The van der Waals surface area contributed by atoms with Crippen LogP contribution in [0.1, 0.15) is 40.0 Å². The van der Waals surface area contributed by atoms with Crippen LogP contribution in [0.2, 0.25) is 0 Å². The van der Waals surface area contributed by atoms with Crippen molar-refractivity contribution in [1.82, 2.24) is 14.8 Å². The van der Waals surface area contributed by atoms with Gasteiger partial charge in [0.25, 0.3) is 5.91 Å². The zero-order valence-electron chi connectivity index (χ0n) is 18.5. The summed E-state index contributed by atoms with van der Waals surface area (Å²) in [6.07, 6.45) is 2.16. The van der Waals surface area contributed by atoms with E-state index >= 15 is 0 Å². The van der Waals surface area contributed by atoms with Crippen LogP contribution in [0.4, 0.5) is 5.95 Å².